The topological polar surface area (TPSA) is 67.7 Å². The van der Waals surface area contributed by atoms with E-state index in [1.807, 2.05) is 36.7 Å². The number of hydrogen-bond acceptors (Lipinski definition) is 6. The zero-order valence-corrected chi connectivity index (χ0v) is 15.5. The highest BCUT2D eigenvalue weighted by molar-refractivity contribution is 5.38. The Morgan fingerprint density at radius 3 is 2.46 bits per heavy atom. The summed E-state index contributed by atoms with van der Waals surface area (Å²) in [6, 6.07) is 7.74. The van der Waals surface area contributed by atoms with E-state index in [-0.39, 0.29) is 0 Å². The number of likely N-dealkylation sites (tertiary alicyclic amines) is 1. The van der Waals surface area contributed by atoms with Gasteiger partial charge in [-0.25, -0.2) is 9.97 Å². The minimum Gasteiger partial charge on any atom is -0.496 e. The van der Waals surface area contributed by atoms with E-state index >= 15 is 0 Å². The van der Waals surface area contributed by atoms with Crippen LogP contribution in [0.15, 0.2) is 36.7 Å². The molecule has 0 radical (unpaired) electrons. The van der Waals surface area contributed by atoms with Gasteiger partial charge in [-0.2, -0.15) is 0 Å². The fourth-order valence-corrected chi connectivity index (χ4v) is 3.42. The average molecular weight is 357 g/mol. The third-order valence-electron chi connectivity index (χ3n) is 4.99. The molecule has 1 saturated heterocycles. The van der Waals surface area contributed by atoms with Crippen molar-refractivity contribution in [1.29, 1.82) is 0 Å². The van der Waals surface area contributed by atoms with Gasteiger partial charge in [0, 0.05) is 56.7 Å². The van der Waals surface area contributed by atoms with Crippen LogP contribution in [0, 0.1) is 0 Å². The number of nitrogens with zero attached hydrogens (tertiary/aromatic N) is 3. The lowest BCUT2D eigenvalue weighted by molar-refractivity contribution is -0.0292. The highest BCUT2D eigenvalue weighted by Gasteiger charge is 2.36. The number of ether oxygens (including phenoxy) is 2. The number of hydrogen-bond donors (Lipinski definition) is 1. The molecule has 0 unspecified atom stereocenters. The number of aliphatic hydroxyl groups is 1. The lowest BCUT2D eigenvalue weighted by atomic mass is 9.84. The second kappa shape index (κ2) is 8.58. The number of rotatable bonds is 7. The summed E-state index contributed by atoms with van der Waals surface area (Å²) < 4.78 is 10.5. The summed E-state index contributed by atoms with van der Waals surface area (Å²) in [4.78, 5) is 11.1. The second-order valence-electron chi connectivity index (χ2n) is 6.76. The number of methoxy groups -OCH3 is 2. The van der Waals surface area contributed by atoms with Crippen molar-refractivity contribution in [3.05, 3.63) is 53.6 Å². The van der Waals surface area contributed by atoms with Crippen molar-refractivity contribution in [1.82, 2.24) is 14.9 Å². The number of benzene rings is 1. The van der Waals surface area contributed by atoms with Crippen LogP contribution >= 0.6 is 0 Å². The molecule has 2 aromatic rings. The van der Waals surface area contributed by atoms with Gasteiger partial charge in [0.25, 0.3) is 0 Å². The summed E-state index contributed by atoms with van der Waals surface area (Å²) in [6.45, 7) is 3.07. The maximum atomic E-state index is 11.1. The molecule has 1 aromatic carbocycles. The van der Waals surface area contributed by atoms with Crippen molar-refractivity contribution in [3.63, 3.8) is 0 Å². The molecule has 26 heavy (non-hydrogen) atoms. The average Bonchev–Trinajstić information content (AvgIpc) is 2.69. The molecule has 0 spiro atoms. The summed E-state index contributed by atoms with van der Waals surface area (Å²) >= 11 is 0. The smallest absolute Gasteiger partial charge is 0.130 e. The van der Waals surface area contributed by atoms with Crippen molar-refractivity contribution in [3.8, 4) is 5.75 Å². The molecule has 0 atom stereocenters. The van der Waals surface area contributed by atoms with Crippen molar-refractivity contribution in [2.75, 3.05) is 33.9 Å². The van der Waals surface area contributed by atoms with Gasteiger partial charge in [-0.15, -0.1) is 0 Å². The van der Waals surface area contributed by atoms with Gasteiger partial charge in [-0.3, -0.25) is 4.90 Å². The first-order chi connectivity index (χ1) is 12.6. The Balaban J connectivity index is 1.58. The van der Waals surface area contributed by atoms with Crippen LogP contribution in [0.1, 0.15) is 29.8 Å². The lowest BCUT2D eigenvalue weighted by Crippen LogP contribution is -2.42. The molecule has 1 aliphatic rings. The van der Waals surface area contributed by atoms with Crippen LogP contribution < -0.4 is 4.74 Å². The highest BCUT2D eigenvalue weighted by Crippen LogP contribution is 2.38. The van der Waals surface area contributed by atoms with Gasteiger partial charge in [0.1, 0.15) is 11.6 Å². The fourth-order valence-electron chi connectivity index (χ4n) is 3.42. The first-order valence-corrected chi connectivity index (χ1v) is 9.01. The fraction of sp³-hybridized carbons (Fsp3) is 0.500. The molecule has 2 heterocycles. The summed E-state index contributed by atoms with van der Waals surface area (Å²) in [5.74, 6) is 1.56. The van der Waals surface area contributed by atoms with Gasteiger partial charge in [-0.05, 0) is 18.9 Å². The molecule has 1 N–H and O–H groups in total. The Morgan fingerprint density at radius 1 is 1.12 bits per heavy atom. The Kier molecular flexibility index (Phi) is 6.19. The number of para-hydroxylation sites is 1. The van der Waals surface area contributed by atoms with Gasteiger partial charge in [0.05, 0.1) is 19.3 Å². The van der Waals surface area contributed by atoms with Crippen LogP contribution in [0.2, 0.25) is 0 Å². The lowest BCUT2D eigenvalue weighted by Gasteiger charge is -2.39. The zero-order valence-electron chi connectivity index (χ0n) is 15.5. The van der Waals surface area contributed by atoms with Gasteiger partial charge in [-0.1, -0.05) is 18.2 Å². The summed E-state index contributed by atoms with van der Waals surface area (Å²) in [6.07, 6.45) is 5.87. The summed E-state index contributed by atoms with van der Waals surface area (Å²) in [5.41, 5.74) is 1.14. The molecule has 0 bridgehead atoms. The van der Waals surface area contributed by atoms with E-state index in [0.29, 0.717) is 19.4 Å². The van der Waals surface area contributed by atoms with Crippen molar-refractivity contribution >= 4 is 0 Å². The first-order valence-electron chi connectivity index (χ1n) is 9.01. The monoisotopic (exact) mass is 357 g/mol. The third kappa shape index (κ3) is 4.38. The quantitative estimate of drug-likeness (QED) is 0.819. The van der Waals surface area contributed by atoms with E-state index in [4.69, 9.17) is 9.47 Å². The van der Waals surface area contributed by atoms with Crippen LogP contribution in [0.5, 0.6) is 5.75 Å². The number of aromatic nitrogens is 2. The Morgan fingerprint density at radius 2 is 1.81 bits per heavy atom. The minimum absolute atomic E-state index is 0.632. The zero-order chi connectivity index (χ0) is 18.4. The van der Waals surface area contributed by atoms with Gasteiger partial charge >= 0.3 is 0 Å². The molecule has 6 nitrogen and oxygen atoms in total. The molecule has 0 saturated carbocycles. The van der Waals surface area contributed by atoms with Crippen LogP contribution in [0.25, 0.3) is 0 Å². The van der Waals surface area contributed by atoms with Gasteiger partial charge < -0.3 is 14.6 Å². The highest BCUT2D eigenvalue weighted by atomic mass is 16.5. The minimum atomic E-state index is -0.830. The standard InChI is InChI=1S/C20H27N3O3/c1-25-12-7-19-21-13-16(14-22-19)15-23-10-8-20(24,9-11-23)17-5-3-4-6-18(17)26-2/h3-6,13-14,24H,7-12,15H2,1-2H3. The van der Waals surface area contributed by atoms with E-state index in [1.165, 1.54) is 0 Å². The first kappa shape index (κ1) is 18.8. The van der Waals surface area contributed by atoms with E-state index in [9.17, 15) is 5.11 Å². The molecule has 3 rings (SSSR count). The molecule has 1 aliphatic heterocycles. The molecular formula is C20H27N3O3. The molecule has 6 heteroatoms. The van der Waals surface area contributed by atoms with Crippen molar-refractivity contribution < 1.29 is 14.6 Å². The molecule has 0 amide bonds. The maximum absolute atomic E-state index is 11.1. The predicted octanol–water partition coefficient (Wildman–Crippen LogP) is 2.16. The Bertz CT molecular complexity index is 698. The molecule has 140 valence electrons. The largest absolute Gasteiger partial charge is 0.496 e. The Labute approximate surface area is 154 Å². The van der Waals surface area contributed by atoms with Crippen molar-refractivity contribution in [2.24, 2.45) is 0 Å². The molecule has 1 aromatic heterocycles. The third-order valence-corrected chi connectivity index (χ3v) is 4.99. The van der Waals surface area contributed by atoms with Crippen LogP contribution in [-0.2, 0) is 23.3 Å². The van der Waals surface area contributed by atoms with Crippen molar-refractivity contribution in [2.45, 2.75) is 31.4 Å². The summed E-state index contributed by atoms with van der Waals surface area (Å²) in [7, 11) is 3.32. The van der Waals surface area contributed by atoms with Gasteiger partial charge in [0.2, 0.25) is 0 Å². The SMILES string of the molecule is COCCc1ncc(CN2CCC(O)(c3ccccc3OC)CC2)cn1. The van der Waals surface area contributed by atoms with Gasteiger partial charge in [0.15, 0.2) is 0 Å². The van der Waals surface area contributed by atoms with E-state index in [2.05, 4.69) is 14.9 Å². The molecule has 0 aliphatic carbocycles. The maximum Gasteiger partial charge on any atom is 0.130 e. The normalized spacial score (nSPS) is 17.2. The molecular weight excluding hydrogens is 330 g/mol. The van der Waals surface area contributed by atoms with E-state index in [1.54, 1.807) is 14.2 Å². The predicted molar refractivity (Wildman–Crippen MR) is 99.0 cm³/mol. The van der Waals surface area contributed by atoms with E-state index < -0.39 is 5.60 Å². The molecule has 1 fully saturated rings. The summed E-state index contributed by atoms with van der Waals surface area (Å²) in [5, 5.41) is 11.1. The second-order valence-corrected chi connectivity index (χ2v) is 6.76. The van der Waals surface area contributed by atoms with E-state index in [0.717, 1.165) is 48.8 Å². The number of piperidine rings is 1. The Hall–Kier alpha value is -2.02. The van der Waals surface area contributed by atoms with Crippen LogP contribution in [-0.4, -0.2) is 53.9 Å². The van der Waals surface area contributed by atoms with Crippen LogP contribution in [0.3, 0.4) is 0 Å². The van der Waals surface area contributed by atoms with Crippen LogP contribution in [0.4, 0.5) is 0 Å².